The standard InChI is InChI=1S/C17H12Br3NO4S/c18-11-1-3-14(4-2-11)26(24,25)17(6-5-15(22)21-16(17)23)10-7-12(19)9-13(20)8-10/h1-4,7-9H,5-6H2,(H,21,22,23). The van der Waals surface area contributed by atoms with Crippen LogP contribution in [0.15, 0.2) is 60.8 Å². The number of benzene rings is 2. The molecule has 1 aliphatic rings. The van der Waals surface area contributed by atoms with Crippen molar-refractivity contribution in [1.29, 1.82) is 0 Å². The molecule has 2 aromatic rings. The number of imide groups is 1. The molecule has 2 aromatic carbocycles. The first kappa shape index (κ1) is 19.7. The van der Waals surface area contributed by atoms with Crippen molar-refractivity contribution in [2.75, 3.05) is 0 Å². The van der Waals surface area contributed by atoms with Crippen LogP contribution in [0.3, 0.4) is 0 Å². The van der Waals surface area contributed by atoms with Gasteiger partial charge in [0.2, 0.25) is 5.91 Å². The molecule has 1 unspecified atom stereocenters. The lowest BCUT2D eigenvalue weighted by molar-refractivity contribution is -0.135. The number of amides is 2. The van der Waals surface area contributed by atoms with E-state index in [1.807, 2.05) is 0 Å². The topological polar surface area (TPSA) is 80.3 Å². The highest BCUT2D eigenvalue weighted by Crippen LogP contribution is 2.43. The molecule has 1 fully saturated rings. The minimum Gasteiger partial charge on any atom is -0.295 e. The smallest absolute Gasteiger partial charge is 0.252 e. The molecule has 136 valence electrons. The number of piperidine rings is 1. The Kier molecular flexibility index (Phi) is 5.45. The minimum absolute atomic E-state index is 0.0151. The van der Waals surface area contributed by atoms with Gasteiger partial charge in [-0.1, -0.05) is 47.8 Å². The molecule has 9 heteroatoms. The molecule has 1 aliphatic heterocycles. The molecule has 1 atom stereocenters. The van der Waals surface area contributed by atoms with Gasteiger partial charge in [0, 0.05) is 19.8 Å². The van der Waals surface area contributed by atoms with Crippen LogP contribution in [0.5, 0.6) is 0 Å². The first-order valence-electron chi connectivity index (χ1n) is 7.48. The van der Waals surface area contributed by atoms with Gasteiger partial charge in [-0.3, -0.25) is 14.9 Å². The fourth-order valence-corrected chi connectivity index (χ4v) is 6.53. The number of halogens is 3. The average Bonchev–Trinajstić information content (AvgIpc) is 2.54. The molecule has 5 nitrogen and oxygen atoms in total. The van der Waals surface area contributed by atoms with E-state index in [1.165, 1.54) is 12.1 Å². The van der Waals surface area contributed by atoms with Crippen molar-refractivity contribution in [3.8, 4) is 0 Å². The lowest BCUT2D eigenvalue weighted by atomic mass is 9.89. The summed E-state index contributed by atoms with van der Waals surface area (Å²) in [6.45, 7) is 0. The molecule has 0 radical (unpaired) electrons. The number of sulfone groups is 1. The quantitative estimate of drug-likeness (QED) is 0.569. The third kappa shape index (κ3) is 3.30. The van der Waals surface area contributed by atoms with Gasteiger partial charge in [0.05, 0.1) is 4.90 Å². The Morgan fingerprint density at radius 3 is 2.00 bits per heavy atom. The lowest BCUT2D eigenvalue weighted by Gasteiger charge is -2.35. The SMILES string of the molecule is O=C1CCC(c2cc(Br)cc(Br)c2)(S(=O)(=O)c2ccc(Br)cc2)C(=O)N1. The van der Waals surface area contributed by atoms with Crippen LogP contribution in [0.1, 0.15) is 18.4 Å². The van der Waals surface area contributed by atoms with Crippen LogP contribution in [0, 0.1) is 0 Å². The Labute approximate surface area is 175 Å². The molecule has 3 rings (SSSR count). The summed E-state index contributed by atoms with van der Waals surface area (Å²) < 4.78 is 27.2. The van der Waals surface area contributed by atoms with Gasteiger partial charge in [-0.15, -0.1) is 0 Å². The van der Waals surface area contributed by atoms with E-state index in [2.05, 4.69) is 53.1 Å². The summed E-state index contributed by atoms with van der Waals surface area (Å²) in [7, 11) is -4.13. The van der Waals surface area contributed by atoms with Crippen molar-refractivity contribution < 1.29 is 18.0 Å². The fraction of sp³-hybridized carbons (Fsp3) is 0.176. The van der Waals surface area contributed by atoms with Crippen LogP contribution in [-0.2, 0) is 24.2 Å². The Bertz CT molecular complexity index is 985. The highest BCUT2D eigenvalue weighted by Gasteiger charge is 2.55. The number of hydrogen-bond donors (Lipinski definition) is 1. The van der Waals surface area contributed by atoms with Crippen LogP contribution in [0.25, 0.3) is 0 Å². The van der Waals surface area contributed by atoms with Gasteiger partial charge < -0.3 is 0 Å². The highest BCUT2D eigenvalue weighted by atomic mass is 79.9. The van der Waals surface area contributed by atoms with Gasteiger partial charge in [0.15, 0.2) is 14.6 Å². The average molecular weight is 566 g/mol. The molecule has 26 heavy (non-hydrogen) atoms. The molecule has 0 aliphatic carbocycles. The van der Waals surface area contributed by atoms with E-state index in [-0.39, 0.29) is 17.7 Å². The number of carbonyl (C=O) groups is 2. The molecule has 0 saturated carbocycles. The molecular formula is C17H12Br3NO4S. The zero-order valence-corrected chi connectivity index (χ0v) is 18.7. The highest BCUT2D eigenvalue weighted by molar-refractivity contribution is 9.11. The minimum atomic E-state index is -4.13. The van der Waals surface area contributed by atoms with E-state index in [9.17, 15) is 18.0 Å². The second-order valence-corrected chi connectivity index (χ2v) is 10.7. The zero-order chi connectivity index (χ0) is 19.1. The molecule has 1 saturated heterocycles. The number of hydrogen-bond acceptors (Lipinski definition) is 4. The first-order valence-corrected chi connectivity index (χ1v) is 11.3. The van der Waals surface area contributed by atoms with E-state index < -0.39 is 26.4 Å². The normalized spacial score (nSPS) is 20.7. The van der Waals surface area contributed by atoms with E-state index in [0.29, 0.717) is 14.5 Å². The third-order valence-electron chi connectivity index (χ3n) is 4.24. The van der Waals surface area contributed by atoms with Crippen LogP contribution < -0.4 is 5.32 Å². The van der Waals surface area contributed by atoms with Crippen molar-refractivity contribution >= 4 is 69.4 Å². The zero-order valence-electron chi connectivity index (χ0n) is 13.1. The van der Waals surface area contributed by atoms with E-state index in [1.54, 1.807) is 30.3 Å². The predicted molar refractivity (Wildman–Crippen MR) is 107 cm³/mol. The fourth-order valence-electron chi connectivity index (χ4n) is 2.98. The maximum absolute atomic E-state index is 13.5. The van der Waals surface area contributed by atoms with Gasteiger partial charge in [0.25, 0.3) is 5.91 Å². The second-order valence-electron chi connectivity index (χ2n) is 5.82. The van der Waals surface area contributed by atoms with E-state index >= 15 is 0 Å². The molecule has 0 aromatic heterocycles. The van der Waals surface area contributed by atoms with Gasteiger partial charge in [-0.2, -0.15) is 0 Å². The maximum Gasteiger partial charge on any atom is 0.252 e. The van der Waals surface area contributed by atoms with Crippen molar-refractivity contribution in [1.82, 2.24) is 5.32 Å². The molecule has 0 bridgehead atoms. The lowest BCUT2D eigenvalue weighted by Crippen LogP contribution is -2.55. The molecule has 0 spiro atoms. The first-order chi connectivity index (χ1) is 12.2. The second kappa shape index (κ2) is 7.18. The van der Waals surface area contributed by atoms with Crippen molar-refractivity contribution in [2.45, 2.75) is 22.5 Å². The van der Waals surface area contributed by atoms with Gasteiger partial charge in [0.1, 0.15) is 0 Å². The Morgan fingerprint density at radius 2 is 1.46 bits per heavy atom. The van der Waals surface area contributed by atoms with Crippen molar-refractivity contribution in [3.63, 3.8) is 0 Å². The maximum atomic E-state index is 13.5. The van der Waals surface area contributed by atoms with Gasteiger partial charge in [-0.25, -0.2) is 8.42 Å². The summed E-state index contributed by atoms with van der Waals surface area (Å²) in [6.07, 6.45) is -0.190. The number of nitrogens with one attached hydrogen (secondary N) is 1. The largest absolute Gasteiger partial charge is 0.295 e. The van der Waals surface area contributed by atoms with E-state index in [0.717, 1.165) is 4.47 Å². The number of rotatable bonds is 3. The molecule has 1 N–H and O–H groups in total. The Morgan fingerprint density at radius 1 is 0.885 bits per heavy atom. The Balaban J connectivity index is 2.29. The summed E-state index contributed by atoms with van der Waals surface area (Å²) in [6, 6.07) is 11.0. The van der Waals surface area contributed by atoms with Gasteiger partial charge >= 0.3 is 0 Å². The van der Waals surface area contributed by atoms with Crippen LogP contribution >= 0.6 is 47.8 Å². The van der Waals surface area contributed by atoms with Crippen LogP contribution in [0.4, 0.5) is 0 Å². The summed E-state index contributed by atoms with van der Waals surface area (Å²) in [5.41, 5.74) is 0.298. The van der Waals surface area contributed by atoms with Crippen LogP contribution in [0.2, 0.25) is 0 Å². The summed E-state index contributed by atoms with van der Waals surface area (Å²) in [5, 5.41) is 2.20. The monoisotopic (exact) mass is 563 g/mol. The molecule has 1 heterocycles. The summed E-state index contributed by atoms with van der Waals surface area (Å²) in [5.74, 6) is -1.31. The van der Waals surface area contributed by atoms with E-state index in [4.69, 9.17) is 0 Å². The Hall–Kier alpha value is -1.03. The van der Waals surface area contributed by atoms with Crippen LogP contribution in [-0.4, -0.2) is 20.2 Å². The number of carbonyl (C=O) groups excluding carboxylic acids is 2. The predicted octanol–water partition coefficient (Wildman–Crippen LogP) is 4.08. The van der Waals surface area contributed by atoms with Gasteiger partial charge in [-0.05, 0) is 54.4 Å². The van der Waals surface area contributed by atoms with Crippen molar-refractivity contribution in [3.05, 3.63) is 61.4 Å². The molecule has 2 amide bonds. The van der Waals surface area contributed by atoms with Crippen molar-refractivity contribution in [2.24, 2.45) is 0 Å². The third-order valence-corrected chi connectivity index (χ3v) is 8.12. The summed E-state index contributed by atoms with van der Waals surface area (Å²) >= 11 is 9.95. The molecular weight excluding hydrogens is 554 g/mol. The summed E-state index contributed by atoms with van der Waals surface area (Å²) in [4.78, 5) is 24.6.